The van der Waals surface area contributed by atoms with Crippen LogP contribution in [0.15, 0.2) is 24.3 Å². The van der Waals surface area contributed by atoms with Crippen LogP contribution in [0.5, 0.6) is 5.75 Å². The first kappa shape index (κ1) is 14.9. The molecule has 2 N–H and O–H groups in total. The number of hydrogen-bond donors (Lipinski definition) is 1. The smallest absolute Gasteiger partial charge is 0.225 e. The van der Waals surface area contributed by atoms with Crippen LogP contribution in [0.4, 0.5) is 0 Å². The molecule has 110 valence electrons. The average Bonchev–Trinajstić information content (AvgIpc) is 2.48. The van der Waals surface area contributed by atoms with Gasteiger partial charge in [0.15, 0.2) is 0 Å². The van der Waals surface area contributed by atoms with Crippen molar-refractivity contribution < 1.29 is 9.53 Å². The zero-order valence-electron chi connectivity index (χ0n) is 12.2. The van der Waals surface area contributed by atoms with Crippen LogP contribution < -0.4 is 10.5 Å². The number of nitrogens with two attached hydrogens (primary N) is 1. The van der Waals surface area contributed by atoms with E-state index < -0.39 is 0 Å². The first-order valence-corrected chi connectivity index (χ1v) is 7.44. The lowest BCUT2D eigenvalue weighted by Gasteiger charge is -2.30. The third kappa shape index (κ3) is 3.97. The highest BCUT2D eigenvalue weighted by atomic mass is 16.5. The minimum atomic E-state index is 0.172. The highest BCUT2D eigenvalue weighted by Gasteiger charge is 2.20. The summed E-state index contributed by atoms with van der Waals surface area (Å²) in [7, 11) is 0. The van der Waals surface area contributed by atoms with Crippen molar-refractivity contribution in [3.8, 4) is 5.75 Å². The lowest BCUT2D eigenvalue weighted by atomic mass is 10.1. The van der Waals surface area contributed by atoms with Gasteiger partial charge in [-0.15, -0.1) is 0 Å². The molecular weight excluding hydrogens is 252 g/mol. The fraction of sp³-hybridized carbons (Fsp3) is 0.562. The summed E-state index contributed by atoms with van der Waals surface area (Å²) < 4.78 is 5.74. The van der Waals surface area contributed by atoms with Crippen LogP contribution in [0, 0.1) is 0 Å². The fourth-order valence-electron chi connectivity index (χ4n) is 2.49. The topological polar surface area (TPSA) is 55.6 Å². The number of piperidine rings is 1. The van der Waals surface area contributed by atoms with E-state index in [-0.39, 0.29) is 11.9 Å². The first-order valence-electron chi connectivity index (χ1n) is 7.44. The number of rotatable bonds is 5. The molecule has 1 aromatic rings. The van der Waals surface area contributed by atoms with Gasteiger partial charge >= 0.3 is 0 Å². The quantitative estimate of drug-likeness (QED) is 0.894. The fourth-order valence-corrected chi connectivity index (χ4v) is 2.49. The van der Waals surface area contributed by atoms with Gasteiger partial charge in [0.25, 0.3) is 0 Å². The molecule has 1 fully saturated rings. The molecule has 1 aliphatic rings. The van der Waals surface area contributed by atoms with Gasteiger partial charge in [0.05, 0.1) is 13.0 Å². The van der Waals surface area contributed by atoms with E-state index >= 15 is 0 Å². The van der Waals surface area contributed by atoms with E-state index in [1.54, 1.807) is 0 Å². The highest BCUT2D eigenvalue weighted by Crippen LogP contribution is 2.18. The number of benzene rings is 1. The molecule has 1 saturated heterocycles. The van der Waals surface area contributed by atoms with Crippen molar-refractivity contribution in [2.75, 3.05) is 19.7 Å². The molecule has 0 spiro atoms. The van der Waals surface area contributed by atoms with E-state index in [4.69, 9.17) is 10.5 Å². The van der Waals surface area contributed by atoms with Crippen molar-refractivity contribution in [3.05, 3.63) is 29.8 Å². The predicted molar refractivity (Wildman–Crippen MR) is 79.7 cm³/mol. The Morgan fingerprint density at radius 3 is 2.75 bits per heavy atom. The van der Waals surface area contributed by atoms with Gasteiger partial charge in [0.1, 0.15) is 5.75 Å². The van der Waals surface area contributed by atoms with E-state index in [1.807, 2.05) is 23.1 Å². The van der Waals surface area contributed by atoms with Crippen molar-refractivity contribution in [3.63, 3.8) is 0 Å². The van der Waals surface area contributed by atoms with Gasteiger partial charge in [-0.25, -0.2) is 0 Å². The Morgan fingerprint density at radius 2 is 2.05 bits per heavy atom. The molecule has 20 heavy (non-hydrogen) atoms. The standard InChI is InChI=1S/C16H24N2O2/c1-2-13-5-3-4-6-15(13)20-12-9-16(19)18-10-7-14(17)8-11-18/h3-6,14H,2,7-12,17H2,1H3. The number of ether oxygens (including phenoxy) is 1. The molecule has 1 aromatic carbocycles. The lowest BCUT2D eigenvalue weighted by Crippen LogP contribution is -2.43. The Balaban J connectivity index is 1.76. The van der Waals surface area contributed by atoms with E-state index in [9.17, 15) is 4.79 Å². The molecule has 0 bridgehead atoms. The molecule has 4 heteroatoms. The second kappa shape index (κ2) is 7.29. The first-order chi connectivity index (χ1) is 9.70. The van der Waals surface area contributed by atoms with Gasteiger partial charge in [-0.3, -0.25) is 4.79 Å². The number of aryl methyl sites for hydroxylation is 1. The van der Waals surface area contributed by atoms with Gasteiger partial charge < -0.3 is 15.4 Å². The van der Waals surface area contributed by atoms with Crippen LogP contribution in [-0.2, 0) is 11.2 Å². The van der Waals surface area contributed by atoms with Crippen LogP contribution >= 0.6 is 0 Å². The molecule has 0 radical (unpaired) electrons. The summed E-state index contributed by atoms with van der Waals surface area (Å²) in [5.41, 5.74) is 7.03. The molecule has 0 atom stereocenters. The molecule has 4 nitrogen and oxygen atoms in total. The van der Waals surface area contributed by atoms with E-state index in [0.29, 0.717) is 13.0 Å². The minimum absolute atomic E-state index is 0.172. The van der Waals surface area contributed by atoms with Crippen molar-refractivity contribution >= 4 is 5.91 Å². The van der Waals surface area contributed by atoms with Crippen molar-refractivity contribution in [1.29, 1.82) is 0 Å². The summed E-state index contributed by atoms with van der Waals surface area (Å²) in [6.45, 7) is 4.11. The summed E-state index contributed by atoms with van der Waals surface area (Å²) in [6.07, 6.45) is 3.19. The molecular formula is C16H24N2O2. The van der Waals surface area contributed by atoms with Crippen LogP contribution in [0.1, 0.15) is 31.7 Å². The largest absolute Gasteiger partial charge is 0.493 e. The van der Waals surface area contributed by atoms with Crippen LogP contribution in [0.2, 0.25) is 0 Å². The summed E-state index contributed by atoms with van der Waals surface area (Å²) in [4.78, 5) is 14.0. The van der Waals surface area contributed by atoms with Crippen LogP contribution in [-0.4, -0.2) is 36.5 Å². The van der Waals surface area contributed by atoms with Crippen LogP contribution in [0.3, 0.4) is 0 Å². The van der Waals surface area contributed by atoms with E-state index in [2.05, 4.69) is 13.0 Å². The number of carbonyl (C=O) groups excluding carboxylic acids is 1. The van der Waals surface area contributed by atoms with Gasteiger partial charge in [-0.2, -0.15) is 0 Å². The molecule has 1 heterocycles. The lowest BCUT2D eigenvalue weighted by molar-refractivity contribution is -0.132. The van der Waals surface area contributed by atoms with Gasteiger partial charge in [0.2, 0.25) is 5.91 Å². The molecule has 1 aliphatic heterocycles. The molecule has 2 rings (SSSR count). The third-order valence-corrected chi connectivity index (χ3v) is 3.82. The Labute approximate surface area is 120 Å². The number of likely N-dealkylation sites (tertiary alicyclic amines) is 1. The van der Waals surface area contributed by atoms with Gasteiger partial charge in [0, 0.05) is 19.1 Å². The van der Waals surface area contributed by atoms with Crippen molar-refractivity contribution in [1.82, 2.24) is 4.90 Å². The normalized spacial score (nSPS) is 16.2. The molecule has 0 saturated carbocycles. The Hall–Kier alpha value is -1.55. The van der Waals surface area contributed by atoms with Crippen LogP contribution in [0.25, 0.3) is 0 Å². The van der Waals surface area contributed by atoms with Gasteiger partial charge in [-0.1, -0.05) is 25.1 Å². The van der Waals surface area contributed by atoms with E-state index in [0.717, 1.165) is 38.1 Å². The Kier molecular flexibility index (Phi) is 5.41. The summed E-state index contributed by atoms with van der Waals surface area (Å²) >= 11 is 0. The monoisotopic (exact) mass is 276 g/mol. The maximum atomic E-state index is 12.1. The predicted octanol–water partition coefficient (Wildman–Crippen LogP) is 1.97. The maximum Gasteiger partial charge on any atom is 0.225 e. The average molecular weight is 276 g/mol. The highest BCUT2D eigenvalue weighted by molar-refractivity contribution is 5.76. The van der Waals surface area contributed by atoms with Gasteiger partial charge in [-0.05, 0) is 30.9 Å². The zero-order valence-corrected chi connectivity index (χ0v) is 12.2. The minimum Gasteiger partial charge on any atom is -0.493 e. The maximum absolute atomic E-state index is 12.1. The van der Waals surface area contributed by atoms with Crippen molar-refractivity contribution in [2.24, 2.45) is 5.73 Å². The Bertz CT molecular complexity index is 440. The zero-order chi connectivity index (χ0) is 14.4. The summed E-state index contributed by atoms with van der Waals surface area (Å²) in [5, 5.41) is 0. The SMILES string of the molecule is CCc1ccccc1OCCC(=O)N1CCC(N)CC1. The number of nitrogens with zero attached hydrogens (tertiary/aromatic N) is 1. The second-order valence-electron chi connectivity index (χ2n) is 5.28. The van der Waals surface area contributed by atoms with E-state index in [1.165, 1.54) is 5.56 Å². The third-order valence-electron chi connectivity index (χ3n) is 3.82. The molecule has 0 aromatic heterocycles. The summed E-state index contributed by atoms with van der Waals surface area (Å²) in [6, 6.07) is 8.24. The summed E-state index contributed by atoms with van der Waals surface area (Å²) in [5.74, 6) is 1.06. The number of amides is 1. The molecule has 0 aliphatic carbocycles. The Morgan fingerprint density at radius 1 is 1.35 bits per heavy atom. The van der Waals surface area contributed by atoms with Crippen molar-refractivity contribution in [2.45, 2.75) is 38.6 Å². The number of carbonyl (C=O) groups is 1. The molecule has 0 unspecified atom stereocenters. The second-order valence-corrected chi connectivity index (χ2v) is 5.28. The number of para-hydroxylation sites is 1. The number of hydrogen-bond acceptors (Lipinski definition) is 3. The molecule has 1 amide bonds.